The summed E-state index contributed by atoms with van der Waals surface area (Å²) < 4.78 is 11.8. The highest BCUT2D eigenvalue weighted by Crippen LogP contribution is 2.22. The Kier molecular flexibility index (Phi) is 46.4. The van der Waals surface area contributed by atoms with Crippen LogP contribution in [0.25, 0.3) is 0 Å². The lowest BCUT2D eigenvalue weighted by molar-refractivity contribution is -0.146. The Balaban J connectivity index is 4.47. The van der Waals surface area contributed by atoms with Crippen LogP contribution in [-0.4, -0.2) is 75.2 Å². The molecule has 6 heteroatoms. The molecular weight excluding hydrogens is 741 g/mol. The fourth-order valence-electron chi connectivity index (χ4n) is 8.63. The second kappa shape index (κ2) is 47.3. The summed E-state index contributed by atoms with van der Waals surface area (Å²) in [6.45, 7) is 14.6. The first-order valence-electron chi connectivity index (χ1n) is 27.0. The summed E-state index contributed by atoms with van der Waals surface area (Å²) in [6, 6.07) is 0. The fourth-order valence-corrected chi connectivity index (χ4v) is 8.63. The van der Waals surface area contributed by atoms with Crippen molar-refractivity contribution in [3.63, 3.8) is 0 Å². The Bertz CT molecular complexity index is 882. The van der Waals surface area contributed by atoms with Gasteiger partial charge in [0.15, 0.2) is 0 Å². The van der Waals surface area contributed by atoms with E-state index in [9.17, 15) is 9.59 Å². The molecule has 0 rings (SSSR count). The van der Waals surface area contributed by atoms with Crippen molar-refractivity contribution in [1.29, 1.82) is 0 Å². The van der Waals surface area contributed by atoms with E-state index in [0.29, 0.717) is 37.9 Å². The standard InChI is InChI=1S/C54H108N2O4/c1-7-11-15-19-22-24-27-33-41-51(39-31-18-14-10-4)49-59-53(57)43-35-29-37-45-56(48-47-55(5)6)46-38-30-36-44-54(58)60-50-52(40-32-26-21-17-13-9-3)42-34-28-25-23-20-16-12-8-2/h51-52H,7-50H2,1-6H3. The number of likely N-dealkylation sites (N-methyl/N-ethyl adjacent to an activating group) is 1. The van der Waals surface area contributed by atoms with Crippen LogP contribution in [0.15, 0.2) is 0 Å². The zero-order chi connectivity index (χ0) is 44.0. The van der Waals surface area contributed by atoms with Crippen LogP contribution in [0.4, 0.5) is 0 Å². The lowest BCUT2D eigenvalue weighted by atomic mass is 9.94. The summed E-state index contributed by atoms with van der Waals surface area (Å²) in [4.78, 5) is 30.4. The predicted molar refractivity (Wildman–Crippen MR) is 262 cm³/mol. The minimum Gasteiger partial charge on any atom is -0.465 e. The molecular formula is C54H108N2O4. The molecule has 0 amide bonds. The maximum Gasteiger partial charge on any atom is 0.305 e. The van der Waals surface area contributed by atoms with Crippen LogP contribution in [0.2, 0.25) is 0 Å². The second-order valence-corrected chi connectivity index (χ2v) is 19.3. The third kappa shape index (κ3) is 43.5. The van der Waals surface area contributed by atoms with E-state index >= 15 is 0 Å². The topological polar surface area (TPSA) is 59.1 Å². The Morgan fingerprint density at radius 3 is 0.950 bits per heavy atom. The van der Waals surface area contributed by atoms with Gasteiger partial charge in [-0.15, -0.1) is 0 Å². The molecule has 0 aliphatic rings. The zero-order valence-electron chi connectivity index (χ0n) is 41.8. The SMILES string of the molecule is CCCCCCCCCCC(CCCCCC)COC(=O)CCCCCN(CCCCCC(=O)OCC(CCCCCCCC)CCCCCCCCCC)CCN(C)C. The van der Waals surface area contributed by atoms with Crippen LogP contribution in [0.3, 0.4) is 0 Å². The maximum absolute atomic E-state index is 12.8. The number of carbonyl (C=O) groups is 2. The quantitative estimate of drug-likeness (QED) is 0.0449. The van der Waals surface area contributed by atoms with Crippen LogP contribution < -0.4 is 0 Å². The molecule has 0 fully saturated rings. The first kappa shape index (κ1) is 58.9. The second-order valence-electron chi connectivity index (χ2n) is 19.3. The minimum atomic E-state index is 0.00398. The van der Waals surface area contributed by atoms with Gasteiger partial charge in [-0.1, -0.05) is 207 Å². The molecule has 0 radical (unpaired) electrons. The molecule has 0 aromatic rings. The van der Waals surface area contributed by atoms with E-state index in [2.05, 4.69) is 51.6 Å². The largest absolute Gasteiger partial charge is 0.465 e. The molecule has 0 aliphatic carbocycles. The summed E-state index contributed by atoms with van der Waals surface area (Å²) in [6.07, 6.45) is 46.9. The molecule has 0 saturated carbocycles. The molecule has 60 heavy (non-hydrogen) atoms. The molecule has 0 aliphatic heterocycles. The van der Waals surface area contributed by atoms with Crippen LogP contribution in [0.5, 0.6) is 0 Å². The molecule has 0 saturated heterocycles. The summed E-state index contributed by atoms with van der Waals surface area (Å²) >= 11 is 0. The van der Waals surface area contributed by atoms with E-state index in [1.54, 1.807) is 0 Å². The van der Waals surface area contributed by atoms with Crippen molar-refractivity contribution in [3.05, 3.63) is 0 Å². The van der Waals surface area contributed by atoms with Gasteiger partial charge in [-0.2, -0.15) is 0 Å². The van der Waals surface area contributed by atoms with Crippen molar-refractivity contribution >= 4 is 11.9 Å². The van der Waals surface area contributed by atoms with Gasteiger partial charge in [-0.05, 0) is 90.4 Å². The molecule has 0 aromatic carbocycles. The van der Waals surface area contributed by atoms with Gasteiger partial charge >= 0.3 is 11.9 Å². The molecule has 2 atom stereocenters. The lowest BCUT2D eigenvalue weighted by Gasteiger charge is -2.24. The highest BCUT2D eigenvalue weighted by Gasteiger charge is 2.15. The van der Waals surface area contributed by atoms with E-state index in [1.807, 2.05) is 0 Å². The average Bonchev–Trinajstić information content (AvgIpc) is 3.24. The fraction of sp³-hybridized carbons (Fsp3) is 0.963. The third-order valence-electron chi connectivity index (χ3n) is 12.9. The summed E-state index contributed by atoms with van der Waals surface area (Å²) in [5.74, 6) is 1.07. The number of unbranched alkanes of at least 4 members (excludes halogenated alkanes) is 26. The van der Waals surface area contributed by atoms with Crippen LogP contribution in [0.1, 0.15) is 272 Å². The Hall–Kier alpha value is -1.14. The maximum atomic E-state index is 12.8. The van der Waals surface area contributed by atoms with Gasteiger partial charge in [0, 0.05) is 25.9 Å². The zero-order valence-corrected chi connectivity index (χ0v) is 41.8. The van der Waals surface area contributed by atoms with Crippen LogP contribution in [-0.2, 0) is 19.1 Å². The Morgan fingerprint density at radius 1 is 0.350 bits per heavy atom. The van der Waals surface area contributed by atoms with Crippen LogP contribution >= 0.6 is 0 Å². The predicted octanol–water partition coefficient (Wildman–Crippen LogP) is 16.1. The summed E-state index contributed by atoms with van der Waals surface area (Å²) in [5, 5.41) is 0. The number of hydrogen-bond donors (Lipinski definition) is 0. The van der Waals surface area contributed by atoms with Gasteiger partial charge < -0.3 is 19.3 Å². The highest BCUT2D eigenvalue weighted by molar-refractivity contribution is 5.69. The number of nitrogens with zero attached hydrogens (tertiary/aromatic N) is 2. The Morgan fingerprint density at radius 2 is 0.633 bits per heavy atom. The van der Waals surface area contributed by atoms with Gasteiger partial charge in [-0.25, -0.2) is 0 Å². The highest BCUT2D eigenvalue weighted by atomic mass is 16.5. The van der Waals surface area contributed by atoms with Gasteiger partial charge in [0.1, 0.15) is 0 Å². The molecule has 0 spiro atoms. The average molecular weight is 849 g/mol. The molecule has 0 bridgehead atoms. The first-order valence-corrected chi connectivity index (χ1v) is 27.0. The van der Waals surface area contributed by atoms with E-state index in [0.717, 1.165) is 64.7 Å². The molecule has 2 unspecified atom stereocenters. The van der Waals surface area contributed by atoms with Crippen molar-refractivity contribution < 1.29 is 19.1 Å². The third-order valence-corrected chi connectivity index (χ3v) is 12.9. The summed E-state index contributed by atoms with van der Waals surface area (Å²) in [5.41, 5.74) is 0. The first-order chi connectivity index (χ1) is 29.4. The molecule has 0 N–H and O–H groups in total. The number of rotatable bonds is 49. The Labute approximate surface area is 376 Å². The van der Waals surface area contributed by atoms with Crippen molar-refractivity contribution in [2.24, 2.45) is 11.8 Å². The van der Waals surface area contributed by atoms with Gasteiger partial charge in [-0.3, -0.25) is 9.59 Å². The van der Waals surface area contributed by atoms with Gasteiger partial charge in [0.05, 0.1) is 13.2 Å². The number of carbonyl (C=O) groups excluding carboxylic acids is 2. The van der Waals surface area contributed by atoms with E-state index in [1.165, 1.54) is 193 Å². The lowest BCUT2D eigenvalue weighted by Crippen LogP contribution is -2.33. The smallest absolute Gasteiger partial charge is 0.305 e. The van der Waals surface area contributed by atoms with E-state index < -0.39 is 0 Å². The number of hydrogen-bond acceptors (Lipinski definition) is 6. The minimum absolute atomic E-state index is 0.00398. The normalized spacial score (nSPS) is 12.7. The van der Waals surface area contributed by atoms with Gasteiger partial charge in [0.25, 0.3) is 0 Å². The molecule has 0 heterocycles. The molecule has 0 aromatic heterocycles. The number of ether oxygens (including phenoxy) is 2. The van der Waals surface area contributed by atoms with Crippen molar-refractivity contribution in [2.45, 2.75) is 272 Å². The van der Waals surface area contributed by atoms with Crippen LogP contribution in [0, 0.1) is 11.8 Å². The van der Waals surface area contributed by atoms with E-state index in [-0.39, 0.29) is 11.9 Å². The van der Waals surface area contributed by atoms with E-state index in [4.69, 9.17) is 9.47 Å². The summed E-state index contributed by atoms with van der Waals surface area (Å²) in [7, 11) is 4.29. The molecule has 6 nitrogen and oxygen atoms in total. The van der Waals surface area contributed by atoms with Gasteiger partial charge in [0.2, 0.25) is 0 Å². The molecule has 358 valence electrons. The van der Waals surface area contributed by atoms with Crippen molar-refractivity contribution in [3.8, 4) is 0 Å². The monoisotopic (exact) mass is 849 g/mol. The van der Waals surface area contributed by atoms with Crippen molar-refractivity contribution in [1.82, 2.24) is 9.80 Å². The number of esters is 2. The van der Waals surface area contributed by atoms with Crippen molar-refractivity contribution in [2.75, 3.05) is 53.5 Å².